The zero-order valence-corrected chi connectivity index (χ0v) is 11.4. The maximum atomic E-state index is 4.42. The highest BCUT2D eigenvalue weighted by atomic mass is 32.1. The topological polar surface area (TPSA) is 50.7 Å². The van der Waals surface area contributed by atoms with Gasteiger partial charge in [0.15, 0.2) is 0 Å². The lowest BCUT2D eigenvalue weighted by Gasteiger charge is -2.10. The van der Waals surface area contributed by atoms with Crippen LogP contribution in [0.2, 0.25) is 0 Å². The van der Waals surface area contributed by atoms with E-state index in [0.29, 0.717) is 0 Å². The molecule has 0 spiro atoms. The van der Waals surface area contributed by atoms with Crippen LogP contribution in [0.4, 0.5) is 5.13 Å². The molecular weight excluding hydrogens is 240 g/mol. The van der Waals surface area contributed by atoms with E-state index in [0.717, 1.165) is 21.7 Å². The lowest BCUT2D eigenvalue weighted by Crippen LogP contribution is -2.05. The van der Waals surface area contributed by atoms with Crippen LogP contribution in [0.15, 0.2) is 0 Å². The van der Waals surface area contributed by atoms with Gasteiger partial charge in [0.2, 0.25) is 5.13 Å². The second-order valence-corrected chi connectivity index (χ2v) is 5.68. The van der Waals surface area contributed by atoms with Gasteiger partial charge in [0.25, 0.3) is 0 Å². The van der Waals surface area contributed by atoms with Crippen LogP contribution in [0.1, 0.15) is 34.4 Å². The highest BCUT2D eigenvalue weighted by Crippen LogP contribution is 2.27. The van der Waals surface area contributed by atoms with E-state index in [-0.39, 0.29) is 6.04 Å². The molecule has 2 rings (SSSR count). The number of aryl methyl sites for hydroxylation is 3. The van der Waals surface area contributed by atoms with Crippen LogP contribution < -0.4 is 5.32 Å². The summed E-state index contributed by atoms with van der Waals surface area (Å²) in [5, 5.41) is 5.33. The van der Waals surface area contributed by atoms with E-state index in [1.807, 2.05) is 20.8 Å². The van der Waals surface area contributed by atoms with Crippen molar-refractivity contribution < 1.29 is 0 Å². The maximum Gasteiger partial charge on any atom is 0.203 e. The molecule has 0 bridgehead atoms. The van der Waals surface area contributed by atoms with Crippen molar-refractivity contribution in [3.05, 3.63) is 21.4 Å². The predicted octanol–water partition coefficient (Wildman–Crippen LogP) is 3.09. The molecule has 1 unspecified atom stereocenters. The highest BCUT2D eigenvalue weighted by molar-refractivity contribution is 7.12. The SMILES string of the molecule is Cc1nsc(NC(C)c2sc(C)nc2C)n1. The molecule has 0 saturated heterocycles. The monoisotopic (exact) mass is 254 g/mol. The van der Waals surface area contributed by atoms with Crippen LogP contribution in [0.25, 0.3) is 0 Å². The van der Waals surface area contributed by atoms with Crippen molar-refractivity contribution in [2.75, 3.05) is 5.32 Å². The Balaban J connectivity index is 2.14. The molecule has 0 aliphatic heterocycles. The number of hydrogen-bond acceptors (Lipinski definition) is 6. The van der Waals surface area contributed by atoms with E-state index in [2.05, 4.69) is 26.6 Å². The Hall–Kier alpha value is -1.01. The molecule has 1 atom stereocenters. The fraction of sp³-hybridized carbons (Fsp3) is 0.500. The lowest BCUT2D eigenvalue weighted by atomic mass is 10.2. The number of nitrogens with one attached hydrogen (secondary N) is 1. The molecule has 1 N–H and O–H groups in total. The quantitative estimate of drug-likeness (QED) is 0.914. The Morgan fingerprint density at radius 2 is 1.94 bits per heavy atom. The van der Waals surface area contributed by atoms with Crippen molar-refractivity contribution in [2.24, 2.45) is 0 Å². The molecule has 0 aliphatic carbocycles. The van der Waals surface area contributed by atoms with Crippen LogP contribution in [0, 0.1) is 20.8 Å². The molecule has 16 heavy (non-hydrogen) atoms. The summed E-state index contributed by atoms with van der Waals surface area (Å²) in [6.45, 7) is 8.09. The third-order valence-electron chi connectivity index (χ3n) is 2.20. The Kier molecular flexibility index (Phi) is 3.20. The van der Waals surface area contributed by atoms with Gasteiger partial charge in [-0.15, -0.1) is 11.3 Å². The van der Waals surface area contributed by atoms with Gasteiger partial charge < -0.3 is 5.32 Å². The minimum absolute atomic E-state index is 0.235. The van der Waals surface area contributed by atoms with Gasteiger partial charge in [0.1, 0.15) is 5.82 Å². The van der Waals surface area contributed by atoms with Gasteiger partial charge in [-0.05, 0) is 27.7 Å². The first-order valence-electron chi connectivity index (χ1n) is 5.07. The normalized spacial score (nSPS) is 12.8. The summed E-state index contributed by atoms with van der Waals surface area (Å²) in [5.41, 5.74) is 1.10. The van der Waals surface area contributed by atoms with Gasteiger partial charge >= 0.3 is 0 Å². The van der Waals surface area contributed by atoms with E-state index in [4.69, 9.17) is 0 Å². The molecule has 6 heteroatoms. The summed E-state index contributed by atoms with van der Waals surface area (Å²) >= 11 is 3.13. The summed E-state index contributed by atoms with van der Waals surface area (Å²) in [7, 11) is 0. The molecule has 0 saturated carbocycles. The van der Waals surface area contributed by atoms with Crippen LogP contribution in [0.5, 0.6) is 0 Å². The van der Waals surface area contributed by atoms with Gasteiger partial charge in [0.05, 0.1) is 16.7 Å². The van der Waals surface area contributed by atoms with E-state index in [9.17, 15) is 0 Å². The molecule has 0 fully saturated rings. The van der Waals surface area contributed by atoms with E-state index in [1.54, 1.807) is 11.3 Å². The molecule has 86 valence electrons. The van der Waals surface area contributed by atoms with Gasteiger partial charge in [-0.3, -0.25) is 0 Å². The molecule has 2 aromatic rings. The average Bonchev–Trinajstić information content (AvgIpc) is 2.73. The van der Waals surface area contributed by atoms with Crippen molar-refractivity contribution in [3.63, 3.8) is 0 Å². The first-order chi connectivity index (χ1) is 7.56. The number of aromatic nitrogens is 3. The molecule has 2 heterocycles. The zero-order chi connectivity index (χ0) is 11.7. The Bertz CT molecular complexity index is 489. The highest BCUT2D eigenvalue weighted by Gasteiger charge is 2.14. The second kappa shape index (κ2) is 4.47. The summed E-state index contributed by atoms with van der Waals surface area (Å²) in [5.74, 6) is 0.817. The summed E-state index contributed by atoms with van der Waals surface area (Å²) in [4.78, 5) is 9.99. The molecule has 0 aliphatic rings. The van der Waals surface area contributed by atoms with Crippen molar-refractivity contribution >= 4 is 28.0 Å². The molecule has 0 aromatic carbocycles. The summed E-state index contributed by atoms with van der Waals surface area (Å²) < 4.78 is 4.15. The average molecular weight is 254 g/mol. The summed E-state index contributed by atoms with van der Waals surface area (Å²) in [6.07, 6.45) is 0. The maximum absolute atomic E-state index is 4.42. The summed E-state index contributed by atoms with van der Waals surface area (Å²) in [6, 6.07) is 0.235. The smallest absolute Gasteiger partial charge is 0.203 e. The molecular formula is C10H14N4S2. The first kappa shape index (κ1) is 11.5. The van der Waals surface area contributed by atoms with Gasteiger partial charge in [-0.2, -0.15) is 4.37 Å². The molecule has 0 radical (unpaired) electrons. The number of thiazole rings is 1. The predicted molar refractivity (Wildman–Crippen MR) is 68.3 cm³/mol. The fourth-order valence-corrected chi connectivity index (χ4v) is 3.15. The van der Waals surface area contributed by atoms with Crippen LogP contribution in [-0.4, -0.2) is 14.3 Å². The zero-order valence-electron chi connectivity index (χ0n) is 9.74. The van der Waals surface area contributed by atoms with Gasteiger partial charge in [0, 0.05) is 16.4 Å². The largest absolute Gasteiger partial charge is 0.353 e. The Morgan fingerprint density at radius 3 is 2.44 bits per heavy atom. The van der Waals surface area contributed by atoms with E-state index in [1.165, 1.54) is 16.4 Å². The van der Waals surface area contributed by atoms with Crippen LogP contribution >= 0.6 is 22.9 Å². The molecule has 4 nitrogen and oxygen atoms in total. The van der Waals surface area contributed by atoms with Crippen molar-refractivity contribution in [3.8, 4) is 0 Å². The van der Waals surface area contributed by atoms with Crippen molar-refractivity contribution in [2.45, 2.75) is 33.7 Å². The van der Waals surface area contributed by atoms with E-state index < -0.39 is 0 Å². The standard InChI is InChI=1S/C10H14N4S2/c1-5-9(15-8(4)11-5)6(2)12-10-13-7(3)14-16-10/h6H,1-4H3,(H,12,13,14). The second-order valence-electron chi connectivity index (χ2n) is 3.70. The number of hydrogen-bond donors (Lipinski definition) is 1. The third-order valence-corrected chi connectivity index (χ3v) is 4.19. The molecule has 2 aromatic heterocycles. The molecule has 0 amide bonds. The first-order valence-corrected chi connectivity index (χ1v) is 6.66. The van der Waals surface area contributed by atoms with Crippen molar-refractivity contribution in [1.82, 2.24) is 14.3 Å². The fourth-order valence-electron chi connectivity index (χ4n) is 1.56. The number of anilines is 1. The third kappa shape index (κ3) is 2.38. The number of nitrogens with zero attached hydrogens (tertiary/aromatic N) is 3. The minimum Gasteiger partial charge on any atom is -0.353 e. The van der Waals surface area contributed by atoms with Crippen LogP contribution in [-0.2, 0) is 0 Å². The number of rotatable bonds is 3. The van der Waals surface area contributed by atoms with E-state index >= 15 is 0 Å². The minimum atomic E-state index is 0.235. The lowest BCUT2D eigenvalue weighted by molar-refractivity contribution is 0.885. The van der Waals surface area contributed by atoms with Gasteiger partial charge in [-0.1, -0.05) is 0 Å². The Morgan fingerprint density at radius 1 is 1.19 bits per heavy atom. The van der Waals surface area contributed by atoms with Crippen LogP contribution in [0.3, 0.4) is 0 Å². The Labute approximate surface area is 103 Å². The van der Waals surface area contributed by atoms with Crippen molar-refractivity contribution in [1.29, 1.82) is 0 Å². The van der Waals surface area contributed by atoms with Gasteiger partial charge in [-0.25, -0.2) is 9.97 Å².